The van der Waals surface area contributed by atoms with Crippen molar-refractivity contribution >= 4 is 79.2 Å². The summed E-state index contributed by atoms with van der Waals surface area (Å²) >= 11 is 0. The number of hydrogen-bond donors (Lipinski definition) is 2. The van der Waals surface area contributed by atoms with E-state index in [1.165, 1.54) is 11.1 Å². The standard InChI is InChI=1S/C56H42O2Si2.C9H13N.C9H12N.Sc/c57-55-51(59(43-25-7-1-8-26-43,44-27-9-2-10-28-44)45-29-11-3-12-30-45)39-41-23-19-21-37-49(41)53(55)54-50-38-22-20-24-42(50)40-52(56(54)58)60(46-31-13-4-14-32-46,47-33-15-5-16-34-47)48-35-17-6-18-36-48;2*1-10(2)8-9-6-4-3-5-7-9;/h1-40,57-58H;3-7H,8H2,1-2H3;3-6H,8H2,1-2H3;/q;;-1;. The summed E-state index contributed by atoms with van der Waals surface area (Å²) in [6, 6.07) is 107. The Morgan fingerprint density at radius 2 is 0.617 bits per heavy atom. The van der Waals surface area contributed by atoms with Gasteiger partial charge in [0.05, 0.1) is 0 Å². The van der Waals surface area contributed by atoms with Crippen LogP contribution >= 0.6 is 0 Å². The molecule has 0 aliphatic carbocycles. The molecule has 0 atom stereocenters. The van der Waals surface area contributed by atoms with Crippen molar-refractivity contribution in [3.8, 4) is 22.6 Å². The van der Waals surface area contributed by atoms with Crippen LogP contribution in [0.25, 0.3) is 32.7 Å². The van der Waals surface area contributed by atoms with Gasteiger partial charge < -0.3 is 20.0 Å². The van der Waals surface area contributed by atoms with Gasteiger partial charge in [0.25, 0.3) is 0 Å². The molecule has 12 rings (SSSR count). The Hall–Kier alpha value is -8.02. The zero-order chi connectivity index (χ0) is 55.3. The minimum absolute atomic E-state index is 0. The van der Waals surface area contributed by atoms with E-state index in [1.807, 2.05) is 36.4 Å². The van der Waals surface area contributed by atoms with E-state index in [4.69, 9.17) is 0 Å². The quantitative estimate of drug-likeness (QED) is 0.0686. The fourth-order valence-corrected chi connectivity index (χ4v) is 21.4. The Morgan fingerprint density at radius 3 is 0.914 bits per heavy atom. The number of nitrogens with zero attached hydrogens (tertiary/aromatic N) is 2. The average molecular weight is 1120 g/mol. The van der Waals surface area contributed by atoms with Crippen LogP contribution in [0.15, 0.2) is 297 Å². The van der Waals surface area contributed by atoms with E-state index in [0.29, 0.717) is 11.1 Å². The van der Waals surface area contributed by atoms with E-state index in [1.54, 1.807) is 0 Å². The van der Waals surface area contributed by atoms with Crippen molar-refractivity contribution in [1.82, 2.24) is 9.80 Å². The topological polar surface area (TPSA) is 46.9 Å². The first kappa shape index (κ1) is 57.7. The third-order valence-electron chi connectivity index (χ3n) is 14.9. The van der Waals surface area contributed by atoms with Crippen LogP contribution in [0.2, 0.25) is 0 Å². The maximum absolute atomic E-state index is 13.6. The summed E-state index contributed by atoms with van der Waals surface area (Å²) in [6.07, 6.45) is 0. The molecule has 0 bridgehead atoms. The van der Waals surface area contributed by atoms with Gasteiger partial charge in [-0.1, -0.05) is 273 Å². The van der Waals surface area contributed by atoms with Crippen molar-refractivity contribution in [2.24, 2.45) is 0 Å². The van der Waals surface area contributed by atoms with Gasteiger partial charge in [-0.25, -0.2) is 0 Å². The van der Waals surface area contributed by atoms with Gasteiger partial charge in [0.1, 0.15) is 11.5 Å². The first-order valence-electron chi connectivity index (χ1n) is 27.3. The second-order valence-corrected chi connectivity index (χ2v) is 28.3. The third kappa shape index (κ3) is 12.2. The smallest absolute Gasteiger partial charge is 0.184 e. The van der Waals surface area contributed by atoms with Crippen LogP contribution in [-0.2, 0) is 38.9 Å². The molecule has 0 spiro atoms. The summed E-state index contributed by atoms with van der Waals surface area (Å²) in [7, 11) is 1.78. The van der Waals surface area contributed by atoms with Gasteiger partial charge in [-0.3, -0.25) is 0 Å². The maximum Gasteiger partial charge on any atom is 0.184 e. The van der Waals surface area contributed by atoms with Gasteiger partial charge in [-0.05, 0) is 96.8 Å². The first-order valence-corrected chi connectivity index (χ1v) is 31.3. The minimum Gasteiger partial charge on any atom is -0.507 e. The summed E-state index contributed by atoms with van der Waals surface area (Å²) in [5.41, 5.74) is 3.88. The molecule has 0 aromatic heterocycles. The van der Waals surface area contributed by atoms with Crippen LogP contribution in [-0.4, -0.2) is 64.4 Å². The summed E-state index contributed by atoms with van der Waals surface area (Å²) in [5, 5.41) is 39.7. The van der Waals surface area contributed by atoms with Gasteiger partial charge in [0, 0.05) is 50.1 Å². The van der Waals surface area contributed by atoms with Crippen LogP contribution in [0, 0.1) is 6.07 Å². The maximum atomic E-state index is 13.6. The van der Waals surface area contributed by atoms with Crippen LogP contribution in [0.5, 0.6) is 11.5 Å². The van der Waals surface area contributed by atoms with Crippen molar-refractivity contribution in [2.45, 2.75) is 13.1 Å². The summed E-state index contributed by atoms with van der Waals surface area (Å²) < 4.78 is 0. The molecule has 0 saturated heterocycles. The van der Waals surface area contributed by atoms with Crippen LogP contribution in [0.4, 0.5) is 0 Å². The number of phenols is 2. The molecule has 12 aromatic carbocycles. The van der Waals surface area contributed by atoms with Crippen LogP contribution < -0.4 is 41.5 Å². The fraction of sp³-hybridized carbons (Fsp3) is 0.0811. The molecular formula is C74H67N2O2ScSi2-. The molecule has 397 valence electrons. The molecular weight excluding hydrogens is 1050 g/mol. The average Bonchev–Trinajstić information content (AvgIpc) is 3.57. The predicted octanol–water partition coefficient (Wildman–Crippen LogP) is 11.1. The van der Waals surface area contributed by atoms with Gasteiger partial charge in [-0.15, -0.1) is 5.56 Å². The Morgan fingerprint density at radius 1 is 0.333 bits per heavy atom. The van der Waals surface area contributed by atoms with Crippen molar-refractivity contribution in [3.05, 3.63) is 314 Å². The second kappa shape index (κ2) is 27.0. The Labute approximate surface area is 499 Å². The molecule has 0 fully saturated rings. The first-order chi connectivity index (χ1) is 39.2. The van der Waals surface area contributed by atoms with E-state index in [9.17, 15) is 10.2 Å². The number of rotatable bonds is 13. The van der Waals surface area contributed by atoms with Crippen LogP contribution in [0.3, 0.4) is 0 Å². The van der Waals surface area contributed by atoms with Gasteiger partial charge >= 0.3 is 0 Å². The molecule has 0 aliphatic heterocycles. The molecule has 0 saturated carbocycles. The largest absolute Gasteiger partial charge is 0.507 e. The summed E-state index contributed by atoms with van der Waals surface area (Å²) in [5.74, 6) is 0.363. The Kier molecular flexibility index (Phi) is 19.2. The van der Waals surface area contributed by atoms with E-state index >= 15 is 0 Å². The molecule has 0 unspecified atom stereocenters. The number of aromatic hydroxyl groups is 2. The Balaban J connectivity index is 0.000000317. The van der Waals surface area contributed by atoms with E-state index in [-0.39, 0.29) is 37.3 Å². The van der Waals surface area contributed by atoms with Gasteiger partial charge in [-0.2, -0.15) is 30.3 Å². The van der Waals surface area contributed by atoms with Crippen molar-refractivity contribution in [2.75, 3.05) is 28.2 Å². The molecule has 0 amide bonds. The molecule has 81 heavy (non-hydrogen) atoms. The number of phenolic OH excluding ortho intramolecular Hbond substituents is 2. The van der Waals surface area contributed by atoms with E-state index in [2.05, 4.69) is 305 Å². The zero-order valence-corrected chi connectivity index (χ0v) is 50.4. The molecule has 4 nitrogen and oxygen atoms in total. The van der Waals surface area contributed by atoms with E-state index < -0.39 is 16.1 Å². The number of benzene rings is 12. The molecule has 0 aliphatic rings. The number of hydrogen-bond acceptors (Lipinski definition) is 4. The predicted molar refractivity (Wildman–Crippen MR) is 344 cm³/mol. The summed E-state index contributed by atoms with van der Waals surface area (Å²) in [4.78, 5) is 4.29. The molecule has 2 N–H and O–H groups in total. The van der Waals surface area contributed by atoms with E-state index in [0.717, 1.165) is 76.1 Å². The summed E-state index contributed by atoms with van der Waals surface area (Å²) in [6.45, 7) is 2.00. The number of fused-ring (bicyclic) bond motifs is 2. The monoisotopic (exact) mass is 1120 g/mol. The molecule has 7 heteroatoms. The van der Waals surface area contributed by atoms with Gasteiger partial charge in [0.2, 0.25) is 0 Å². The zero-order valence-electron chi connectivity index (χ0n) is 46.6. The Bertz CT molecular complexity index is 3440. The SMILES string of the molecule is CN(C)Cc1[c-]cccc1.CN(C)Cc1ccccc1.Oc1c([Si](c2ccccc2)(c2ccccc2)c2ccccc2)cc2ccccc2c1-c1c(O)c([Si](c2ccccc2)(c2ccccc2)c2ccccc2)cc2ccccc12.[Sc]. The third-order valence-corrected chi connectivity index (χ3v) is 24.5. The normalized spacial score (nSPS) is 11.3. The van der Waals surface area contributed by atoms with Crippen molar-refractivity contribution in [3.63, 3.8) is 0 Å². The van der Waals surface area contributed by atoms with Crippen LogP contribution in [0.1, 0.15) is 11.1 Å². The minimum atomic E-state index is -3.24. The molecule has 12 aromatic rings. The molecule has 0 heterocycles. The second-order valence-electron chi connectivity index (χ2n) is 20.8. The fourth-order valence-electron chi connectivity index (χ4n) is 11.6. The van der Waals surface area contributed by atoms with Gasteiger partial charge in [0.15, 0.2) is 16.1 Å². The van der Waals surface area contributed by atoms with Crippen molar-refractivity contribution in [1.29, 1.82) is 0 Å². The molecule has 1 radical (unpaired) electrons. The van der Waals surface area contributed by atoms with Crippen molar-refractivity contribution < 1.29 is 36.1 Å².